The minimum absolute atomic E-state index is 1.03. The zero-order chi connectivity index (χ0) is 7.23. The second-order valence-electron chi connectivity index (χ2n) is 2.21. The SMILES string of the molecule is [CH2]CCCCc1csnn1. The minimum Gasteiger partial charge on any atom is -0.143 e. The molecule has 1 aromatic rings. The average Bonchev–Trinajstić information content (AvgIpc) is 2.41. The third-order valence-corrected chi connectivity index (χ3v) is 1.89. The summed E-state index contributed by atoms with van der Waals surface area (Å²) in [6.07, 6.45) is 4.47. The van der Waals surface area contributed by atoms with Gasteiger partial charge in [-0.1, -0.05) is 24.3 Å². The maximum atomic E-state index is 3.94. The molecule has 0 aliphatic rings. The molecule has 10 heavy (non-hydrogen) atoms. The molecule has 0 unspecified atom stereocenters. The van der Waals surface area contributed by atoms with Crippen molar-refractivity contribution < 1.29 is 0 Å². The molecule has 3 heteroatoms. The number of aromatic nitrogens is 2. The lowest BCUT2D eigenvalue weighted by Gasteiger charge is -1.91. The van der Waals surface area contributed by atoms with Gasteiger partial charge in [0.15, 0.2) is 0 Å². The molecule has 0 atom stereocenters. The van der Waals surface area contributed by atoms with Crippen molar-refractivity contribution in [3.05, 3.63) is 18.0 Å². The van der Waals surface area contributed by atoms with Crippen molar-refractivity contribution in [2.24, 2.45) is 0 Å². The molecule has 0 fully saturated rings. The van der Waals surface area contributed by atoms with Crippen LogP contribution < -0.4 is 0 Å². The van der Waals surface area contributed by atoms with Gasteiger partial charge in [0.05, 0.1) is 5.69 Å². The monoisotopic (exact) mass is 155 g/mol. The van der Waals surface area contributed by atoms with Crippen molar-refractivity contribution in [1.29, 1.82) is 0 Å². The molecule has 0 saturated carbocycles. The normalized spacial score (nSPS) is 10.1. The summed E-state index contributed by atoms with van der Waals surface area (Å²) in [4.78, 5) is 0. The molecule has 0 amide bonds. The summed E-state index contributed by atoms with van der Waals surface area (Å²) in [5.74, 6) is 0. The Morgan fingerprint density at radius 1 is 1.50 bits per heavy atom. The van der Waals surface area contributed by atoms with Crippen LogP contribution in [0.1, 0.15) is 25.0 Å². The largest absolute Gasteiger partial charge is 0.143 e. The van der Waals surface area contributed by atoms with Crippen molar-refractivity contribution in [3.8, 4) is 0 Å². The highest BCUT2D eigenvalue weighted by Gasteiger charge is 1.93. The van der Waals surface area contributed by atoms with E-state index in [1.807, 2.05) is 5.38 Å². The Morgan fingerprint density at radius 3 is 3.00 bits per heavy atom. The maximum Gasteiger partial charge on any atom is 0.0755 e. The van der Waals surface area contributed by atoms with Crippen LogP contribution in [0.3, 0.4) is 0 Å². The fraction of sp³-hybridized carbons (Fsp3) is 0.571. The first-order chi connectivity index (χ1) is 4.93. The second-order valence-corrected chi connectivity index (χ2v) is 2.82. The third-order valence-electron chi connectivity index (χ3n) is 1.34. The van der Waals surface area contributed by atoms with Gasteiger partial charge in [-0.25, -0.2) is 0 Å². The van der Waals surface area contributed by atoms with Crippen LogP contribution in [-0.2, 0) is 6.42 Å². The standard InChI is InChI=1S/C7H11N2S/c1-2-3-4-5-7-6-10-9-8-7/h6H,1-5H2. The van der Waals surface area contributed by atoms with Gasteiger partial charge < -0.3 is 0 Å². The fourth-order valence-corrected chi connectivity index (χ4v) is 1.26. The van der Waals surface area contributed by atoms with E-state index in [2.05, 4.69) is 16.5 Å². The molecule has 2 nitrogen and oxygen atoms in total. The highest BCUT2D eigenvalue weighted by Crippen LogP contribution is 2.03. The molecule has 0 bridgehead atoms. The smallest absolute Gasteiger partial charge is 0.0755 e. The number of hydrogen-bond donors (Lipinski definition) is 0. The van der Waals surface area contributed by atoms with Crippen LogP contribution in [0.5, 0.6) is 0 Å². The van der Waals surface area contributed by atoms with Crippen LogP contribution in [0.2, 0.25) is 0 Å². The van der Waals surface area contributed by atoms with Crippen molar-refractivity contribution in [1.82, 2.24) is 9.59 Å². The molecule has 1 heterocycles. The predicted molar refractivity (Wildman–Crippen MR) is 42.8 cm³/mol. The Balaban J connectivity index is 2.15. The van der Waals surface area contributed by atoms with Crippen LogP contribution in [0.25, 0.3) is 0 Å². The van der Waals surface area contributed by atoms with Crippen molar-refractivity contribution in [3.63, 3.8) is 0 Å². The number of unbranched alkanes of at least 4 members (excludes halogenated alkanes) is 2. The average molecular weight is 155 g/mol. The zero-order valence-electron chi connectivity index (χ0n) is 5.92. The summed E-state index contributed by atoms with van der Waals surface area (Å²) in [6.45, 7) is 3.77. The molecule has 0 saturated heterocycles. The number of aryl methyl sites for hydroxylation is 1. The minimum atomic E-state index is 1.03. The van der Waals surface area contributed by atoms with Crippen LogP contribution in [0.15, 0.2) is 5.38 Å². The Hall–Kier alpha value is -0.440. The van der Waals surface area contributed by atoms with Gasteiger partial charge in [-0.3, -0.25) is 0 Å². The summed E-state index contributed by atoms with van der Waals surface area (Å²) in [7, 11) is 0. The van der Waals surface area contributed by atoms with Gasteiger partial charge in [0.1, 0.15) is 0 Å². The van der Waals surface area contributed by atoms with E-state index in [0.29, 0.717) is 0 Å². The predicted octanol–water partition coefficient (Wildman–Crippen LogP) is 2.08. The first kappa shape index (κ1) is 7.66. The van der Waals surface area contributed by atoms with E-state index in [0.717, 1.165) is 18.5 Å². The highest BCUT2D eigenvalue weighted by atomic mass is 32.1. The zero-order valence-corrected chi connectivity index (χ0v) is 6.73. The summed E-state index contributed by atoms with van der Waals surface area (Å²) in [6, 6.07) is 0. The lowest BCUT2D eigenvalue weighted by molar-refractivity contribution is 0.731. The molecule has 0 aliphatic carbocycles. The molecular weight excluding hydrogens is 144 g/mol. The van der Waals surface area contributed by atoms with E-state index in [-0.39, 0.29) is 0 Å². The maximum absolute atomic E-state index is 3.94. The van der Waals surface area contributed by atoms with Gasteiger partial charge >= 0.3 is 0 Å². The first-order valence-electron chi connectivity index (χ1n) is 3.48. The number of rotatable bonds is 4. The van der Waals surface area contributed by atoms with Gasteiger partial charge in [-0.15, -0.1) is 5.10 Å². The Bertz CT molecular complexity index is 160. The van der Waals surface area contributed by atoms with Crippen molar-refractivity contribution in [2.45, 2.75) is 25.7 Å². The number of nitrogens with zero attached hydrogens (tertiary/aromatic N) is 2. The first-order valence-corrected chi connectivity index (χ1v) is 4.32. The summed E-state index contributed by atoms with van der Waals surface area (Å²) in [5, 5.41) is 5.94. The molecule has 1 radical (unpaired) electrons. The molecule has 0 aliphatic heterocycles. The molecule has 0 aromatic carbocycles. The summed E-state index contributed by atoms with van der Waals surface area (Å²) in [5.41, 5.74) is 1.12. The molecule has 55 valence electrons. The van der Waals surface area contributed by atoms with Crippen molar-refractivity contribution >= 4 is 11.5 Å². The highest BCUT2D eigenvalue weighted by molar-refractivity contribution is 7.03. The molecular formula is C7H11N2S. The van der Waals surface area contributed by atoms with Gasteiger partial charge in [0.2, 0.25) is 0 Å². The van der Waals surface area contributed by atoms with Gasteiger partial charge in [0, 0.05) is 5.38 Å². The molecule has 0 N–H and O–H groups in total. The number of hydrogen-bond acceptors (Lipinski definition) is 3. The van der Waals surface area contributed by atoms with E-state index in [4.69, 9.17) is 0 Å². The Labute approximate surface area is 65.4 Å². The second kappa shape index (κ2) is 4.39. The Morgan fingerprint density at radius 2 is 2.40 bits per heavy atom. The van der Waals surface area contributed by atoms with Crippen LogP contribution in [0.4, 0.5) is 0 Å². The summed E-state index contributed by atoms with van der Waals surface area (Å²) < 4.78 is 3.78. The lowest BCUT2D eigenvalue weighted by Crippen LogP contribution is -1.84. The van der Waals surface area contributed by atoms with Crippen molar-refractivity contribution in [2.75, 3.05) is 0 Å². The van der Waals surface area contributed by atoms with Crippen LogP contribution in [-0.4, -0.2) is 9.59 Å². The van der Waals surface area contributed by atoms with Crippen LogP contribution >= 0.6 is 11.5 Å². The van der Waals surface area contributed by atoms with E-state index in [9.17, 15) is 0 Å². The topological polar surface area (TPSA) is 25.8 Å². The van der Waals surface area contributed by atoms with E-state index in [1.54, 1.807) is 0 Å². The molecule has 0 spiro atoms. The van der Waals surface area contributed by atoms with Gasteiger partial charge in [0.25, 0.3) is 0 Å². The van der Waals surface area contributed by atoms with E-state index >= 15 is 0 Å². The lowest BCUT2D eigenvalue weighted by atomic mass is 10.2. The van der Waals surface area contributed by atoms with Gasteiger partial charge in [-0.05, 0) is 24.4 Å². The Kier molecular flexibility index (Phi) is 3.36. The quantitative estimate of drug-likeness (QED) is 0.622. The van der Waals surface area contributed by atoms with Gasteiger partial charge in [-0.2, -0.15) is 0 Å². The molecule has 1 aromatic heterocycles. The van der Waals surface area contributed by atoms with Crippen LogP contribution in [0, 0.1) is 6.92 Å². The van der Waals surface area contributed by atoms with E-state index < -0.39 is 0 Å². The molecule has 1 rings (SSSR count). The fourth-order valence-electron chi connectivity index (χ4n) is 0.776. The summed E-state index contributed by atoms with van der Waals surface area (Å²) >= 11 is 1.42. The van der Waals surface area contributed by atoms with E-state index in [1.165, 1.54) is 24.4 Å². The third kappa shape index (κ3) is 2.43.